The third-order valence-corrected chi connectivity index (χ3v) is 5.38. The summed E-state index contributed by atoms with van der Waals surface area (Å²) in [6.45, 7) is 0.0614. The number of ether oxygens (including phenoxy) is 1. The van der Waals surface area contributed by atoms with Crippen molar-refractivity contribution in [2.45, 2.75) is 43.9 Å². The molecule has 1 amide bonds. The minimum absolute atomic E-state index is 0.0230. The highest BCUT2D eigenvalue weighted by Gasteiger charge is 2.41. The van der Waals surface area contributed by atoms with E-state index in [1.165, 1.54) is 12.3 Å². The van der Waals surface area contributed by atoms with E-state index in [0.717, 1.165) is 35.4 Å². The Balaban J connectivity index is 1.63. The Bertz CT molecular complexity index is 532. The van der Waals surface area contributed by atoms with Gasteiger partial charge in [0.1, 0.15) is 12.2 Å². The van der Waals surface area contributed by atoms with Crippen LogP contribution in [0.2, 0.25) is 0 Å². The molecule has 1 aromatic heterocycles. The van der Waals surface area contributed by atoms with Crippen molar-refractivity contribution in [2.75, 3.05) is 18.1 Å². The Morgan fingerprint density at radius 2 is 2.50 bits per heavy atom. The zero-order chi connectivity index (χ0) is 15.6. The van der Waals surface area contributed by atoms with Crippen LogP contribution in [0, 0.1) is 0 Å². The van der Waals surface area contributed by atoms with Crippen LogP contribution in [-0.4, -0.2) is 51.9 Å². The fraction of sp³-hybridized carbons (Fsp3) is 0.714. The van der Waals surface area contributed by atoms with Gasteiger partial charge in [0.15, 0.2) is 0 Å². The molecule has 2 aliphatic rings. The van der Waals surface area contributed by atoms with Crippen molar-refractivity contribution in [2.24, 2.45) is 0 Å². The molecule has 0 aromatic carbocycles. The van der Waals surface area contributed by atoms with Crippen LogP contribution in [0.25, 0.3) is 0 Å². The van der Waals surface area contributed by atoms with Crippen LogP contribution in [0.4, 0.5) is 8.78 Å². The number of aromatic nitrogens is 2. The number of hydrogen-bond acceptors (Lipinski definition) is 4. The maximum absolute atomic E-state index is 12.5. The molecular weight excluding hydrogens is 312 g/mol. The summed E-state index contributed by atoms with van der Waals surface area (Å²) >= 11 is 1.87. The van der Waals surface area contributed by atoms with Crippen LogP contribution in [0.5, 0.6) is 0 Å². The molecule has 0 aliphatic carbocycles. The van der Waals surface area contributed by atoms with Crippen molar-refractivity contribution in [3.63, 3.8) is 0 Å². The number of thioether (sulfide) groups is 1. The molecule has 5 nitrogen and oxygen atoms in total. The number of nitrogens with one attached hydrogen (secondary N) is 1. The van der Waals surface area contributed by atoms with E-state index < -0.39 is 13.0 Å². The second kappa shape index (κ2) is 6.54. The summed E-state index contributed by atoms with van der Waals surface area (Å²) in [6, 6.07) is 1.49. The van der Waals surface area contributed by atoms with Gasteiger partial charge >= 0.3 is 0 Å². The molecule has 2 fully saturated rings. The van der Waals surface area contributed by atoms with E-state index in [1.54, 1.807) is 0 Å². The molecular formula is C14H19F2N3O2S. The number of rotatable bonds is 4. The lowest BCUT2D eigenvalue weighted by molar-refractivity contribution is -0.0688. The van der Waals surface area contributed by atoms with E-state index >= 15 is 0 Å². The van der Waals surface area contributed by atoms with Gasteiger partial charge in [0, 0.05) is 24.6 Å². The van der Waals surface area contributed by atoms with E-state index in [9.17, 15) is 13.6 Å². The van der Waals surface area contributed by atoms with Gasteiger partial charge in [-0.2, -0.15) is 16.9 Å². The van der Waals surface area contributed by atoms with E-state index in [-0.39, 0.29) is 23.2 Å². The lowest BCUT2D eigenvalue weighted by Gasteiger charge is -2.38. The molecule has 0 bridgehead atoms. The summed E-state index contributed by atoms with van der Waals surface area (Å²) in [5, 5.41) is 6.74. The minimum Gasteiger partial charge on any atom is -0.374 e. The maximum Gasteiger partial charge on any atom is 0.269 e. The standard InChI is InChI=1S/C14H19F2N3O2S/c15-12(16)8-19-11(1-4-17-19)13(20)18-10-2-5-21-14(7-10)3-6-22-9-14/h1,4,10,12H,2-3,5-9H2,(H,18,20)/t10-,14-/m0/s1. The first kappa shape index (κ1) is 15.7. The van der Waals surface area contributed by atoms with Gasteiger partial charge in [-0.05, 0) is 31.1 Å². The van der Waals surface area contributed by atoms with E-state index in [0.29, 0.717) is 6.61 Å². The number of amides is 1. The van der Waals surface area contributed by atoms with Crippen molar-refractivity contribution in [1.82, 2.24) is 15.1 Å². The second-order valence-corrected chi connectivity index (χ2v) is 6.89. The predicted molar refractivity (Wildman–Crippen MR) is 79.3 cm³/mol. The van der Waals surface area contributed by atoms with Gasteiger partial charge in [-0.25, -0.2) is 8.78 Å². The molecule has 2 saturated heterocycles. The van der Waals surface area contributed by atoms with Crippen LogP contribution < -0.4 is 5.32 Å². The zero-order valence-corrected chi connectivity index (χ0v) is 13.0. The average molecular weight is 331 g/mol. The molecule has 0 saturated carbocycles. The summed E-state index contributed by atoms with van der Waals surface area (Å²) in [7, 11) is 0. The van der Waals surface area contributed by atoms with Crippen molar-refractivity contribution in [3.05, 3.63) is 18.0 Å². The molecule has 22 heavy (non-hydrogen) atoms. The highest BCUT2D eigenvalue weighted by molar-refractivity contribution is 7.99. The summed E-state index contributed by atoms with van der Waals surface area (Å²) in [4.78, 5) is 12.3. The van der Waals surface area contributed by atoms with Crippen molar-refractivity contribution in [1.29, 1.82) is 0 Å². The molecule has 1 spiro atoms. The van der Waals surface area contributed by atoms with Crippen LogP contribution in [0.15, 0.2) is 12.3 Å². The van der Waals surface area contributed by atoms with Gasteiger partial charge in [-0.3, -0.25) is 9.48 Å². The molecule has 2 atom stereocenters. The molecule has 1 aromatic rings. The quantitative estimate of drug-likeness (QED) is 0.916. The first-order valence-electron chi connectivity index (χ1n) is 7.40. The van der Waals surface area contributed by atoms with Gasteiger partial charge in [-0.1, -0.05) is 0 Å². The Kier molecular flexibility index (Phi) is 4.67. The third kappa shape index (κ3) is 3.43. The van der Waals surface area contributed by atoms with Gasteiger partial charge < -0.3 is 10.1 Å². The van der Waals surface area contributed by atoms with Crippen molar-refractivity contribution >= 4 is 17.7 Å². The fourth-order valence-electron chi connectivity index (χ4n) is 3.08. The number of hydrogen-bond donors (Lipinski definition) is 1. The average Bonchev–Trinajstić information content (AvgIpc) is 3.08. The molecule has 3 heterocycles. The number of carbonyl (C=O) groups excluding carboxylic acids is 1. The minimum atomic E-state index is -2.53. The molecule has 0 unspecified atom stereocenters. The molecule has 8 heteroatoms. The molecule has 0 radical (unpaired) electrons. The Labute approximate surface area is 131 Å². The number of nitrogens with zero attached hydrogens (tertiary/aromatic N) is 2. The van der Waals surface area contributed by atoms with Gasteiger partial charge in [-0.15, -0.1) is 0 Å². The maximum atomic E-state index is 12.5. The third-order valence-electron chi connectivity index (χ3n) is 4.16. The van der Waals surface area contributed by atoms with Gasteiger partial charge in [0.2, 0.25) is 0 Å². The Morgan fingerprint density at radius 1 is 1.64 bits per heavy atom. The summed E-state index contributed by atoms with van der Waals surface area (Å²) < 4.78 is 32.0. The lowest BCUT2D eigenvalue weighted by Crippen LogP contribution is -2.49. The first-order chi connectivity index (χ1) is 10.6. The SMILES string of the molecule is O=C(N[C@H]1CCO[C@@]2(CCSC2)C1)c1ccnn1CC(F)F. The van der Waals surface area contributed by atoms with E-state index in [1.807, 2.05) is 11.8 Å². The highest BCUT2D eigenvalue weighted by atomic mass is 32.2. The highest BCUT2D eigenvalue weighted by Crippen LogP contribution is 2.38. The van der Waals surface area contributed by atoms with Gasteiger partial charge in [0.25, 0.3) is 12.3 Å². The number of alkyl halides is 2. The Hall–Kier alpha value is -1.15. The van der Waals surface area contributed by atoms with Gasteiger partial charge in [0.05, 0.1) is 5.60 Å². The zero-order valence-electron chi connectivity index (χ0n) is 12.1. The molecule has 2 aliphatic heterocycles. The normalized spacial score (nSPS) is 28.4. The van der Waals surface area contributed by atoms with Crippen LogP contribution in [0.1, 0.15) is 29.8 Å². The smallest absolute Gasteiger partial charge is 0.269 e. The number of carbonyl (C=O) groups is 1. The Morgan fingerprint density at radius 3 is 3.23 bits per heavy atom. The lowest BCUT2D eigenvalue weighted by atomic mass is 9.90. The fourth-order valence-corrected chi connectivity index (χ4v) is 4.45. The topological polar surface area (TPSA) is 56.1 Å². The number of halogens is 2. The van der Waals surface area contributed by atoms with E-state index in [2.05, 4.69) is 10.4 Å². The summed E-state index contributed by atoms with van der Waals surface area (Å²) in [6.07, 6.45) is 1.38. The van der Waals surface area contributed by atoms with Crippen molar-refractivity contribution in [3.8, 4) is 0 Å². The van der Waals surface area contributed by atoms with Crippen LogP contribution in [-0.2, 0) is 11.3 Å². The largest absolute Gasteiger partial charge is 0.374 e. The summed E-state index contributed by atoms with van der Waals surface area (Å²) in [5.41, 5.74) is 0.0611. The molecule has 1 N–H and O–H groups in total. The molecule has 3 rings (SSSR count). The predicted octanol–water partition coefficient (Wildman–Crippen LogP) is 1.93. The first-order valence-corrected chi connectivity index (χ1v) is 8.56. The van der Waals surface area contributed by atoms with Crippen molar-refractivity contribution < 1.29 is 18.3 Å². The summed E-state index contributed by atoms with van der Waals surface area (Å²) in [5.74, 6) is 1.70. The van der Waals surface area contributed by atoms with E-state index in [4.69, 9.17) is 4.74 Å². The monoisotopic (exact) mass is 331 g/mol. The van der Waals surface area contributed by atoms with Crippen LogP contribution in [0.3, 0.4) is 0 Å². The second-order valence-electron chi connectivity index (χ2n) is 5.79. The van der Waals surface area contributed by atoms with Crippen LogP contribution >= 0.6 is 11.8 Å². The molecule has 122 valence electrons.